The summed E-state index contributed by atoms with van der Waals surface area (Å²) in [7, 11) is 4.83. The van der Waals surface area contributed by atoms with Crippen LogP contribution in [0, 0.1) is 72.0 Å². The fourth-order valence-corrected chi connectivity index (χ4v) is 7.33. The van der Waals surface area contributed by atoms with Crippen molar-refractivity contribution in [2.75, 3.05) is 67.3 Å². The zero-order valence-electron chi connectivity index (χ0n) is 72.2. The first-order chi connectivity index (χ1) is 49.2. The number of rotatable bonds is 30. The fraction of sp³-hybridized carbons (Fsp3) is 0.714. The number of carbonyl (C=O) groups excluding carboxylic acids is 9. The van der Waals surface area contributed by atoms with Crippen LogP contribution in [0.4, 0.5) is 14.4 Å². The van der Waals surface area contributed by atoms with Gasteiger partial charge in [0.25, 0.3) is 0 Å². The molecule has 0 bridgehead atoms. The Kier molecular flexibility index (Phi) is 75.7. The lowest BCUT2D eigenvalue weighted by Crippen LogP contribution is -2.45. The highest BCUT2D eigenvalue weighted by Crippen LogP contribution is 2.13. The normalized spacial score (nSPS) is 10.4. The number of ether oxygens (including phenoxy) is 7. The number of alkyl carbamates (subject to hydrolysis) is 1. The lowest BCUT2D eigenvalue weighted by atomic mass is 10.0. The van der Waals surface area contributed by atoms with Crippen LogP contribution in [0.1, 0.15) is 255 Å². The summed E-state index contributed by atoms with van der Waals surface area (Å²) in [5.74, 6) is 4.48. The van der Waals surface area contributed by atoms with E-state index in [9.17, 15) is 47.9 Å². The summed E-state index contributed by atoms with van der Waals surface area (Å²) in [5, 5.41) is 2.57. The molecule has 0 fully saturated rings. The Labute approximate surface area is 642 Å². The molecule has 2 aromatic carbocycles. The summed E-state index contributed by atoms with van der Waals surface area (Å²) in [6, 6.07) is 19.3. The molecular weight excluding hydrogens is 1350 g/mol. The standard InChI is InChI=1S/C17H25NO4.C11H22O.C10H14.C8H17NO.C8H12O3.C7H14O3.C6H13NO.C6H12O3.C6H12O2.C5H10O/c1-12(2)10-21-16(19)15(13(3)4)18-17(20)22-11-14-8-6-5-7-9-14;1-4-5-6-7-8-9-11(12)10(2)3;1-9(2)8-10-6-4-3-5-7-10;1-5-9(6-2)8(10)7(3)4;1-5(2)4-7-6(3)10-8(9)11-7;1-4-9-7(8)10-5-6(2)3;1-5(2)6(8)7(3)4;1-5(2)4-9-6(7)8-3;1-5(2)4-8-6(3)7;1-4(2)5(3)6/h5-9,12-13,15H,10-11H2,1-4H3,(H,18,20);10H,4-9H2,1-3H3;3-7,9H,8H2,1-2H3;7H,5-6H2,1-4H3;5H,4H2,1-3H3;6H,4-5H2,1-3H3;5H,1-4H3;5H,4H2,1-3H3;5H,4H2,1-3H3;4H,1-3H3/t15-;;;;;;;;;/m1........./s1. The molecule has 1 atom stereocenters. The lowest BCUT2D eigenvalue weighted by Gasteiger charge is -2.21. The third kappa shape index (κ3) is 79.1. The van der Waals surface area contributed by atoms with Crippen molar-refractivity contribution in [3.8, 4) is 0 Å². The van der Waals surface area contributed by atoms with E-state index in [-0.39, 0.29) is 65.7 Å². The number of aryl methyl sites for hydroxylation is 1. The average molecular weight is 1510 g/mol. The second-order valence-corrected chi connectivity index (χ2v) is 29.4. The van der Waals surface area contributed by atoms with Gasteiger partial charge >= 0.3 is 36.2 Å². The molecule has 3 rings (SSSR count). The van der Waals surface area contributed by atoms with Gasteiger partial charge in [-0.2, -0.15) is 0 Å². The van der Waals surface area contributed by atoms with Gasteiger partial charge < -0.3 is 57.1 Å². The van der Waals surface area contributed by atoms with E-state index in [2.05, 4.69) is 94.0 Å². The van der Waals surface area contributed by atoms with E-state index < -0.39 is 36.2 Å². The molecule has 0 saturated heterocycles. The number of benzene rings is 2. The molecule has 616 valence electrons. The molecule has 0 spiro atoms. The minimum absolute atomic E-state index is 0.0797. The van der Waals surface area contributed by atoms with E-state index in [0.29, 0.717) is 74.0 Å². The third-order valence-corrected chi connectivity index (χ3v) is 13.5. The second kappa shape index (κ2) is 71.7. The zero-order valence-corrected chi connectivity index (χ0v) is 72.2. The summed E-state index contributed by atoms with van der Waals surface area (Å²) in [6.07, 6.45) is 7.16. The molecule has 0 unspecified atom stereocenters. The van der Waals surface area contributed by atoms with E-state index in [0.717, 1.165) is 43.8 Å². The number of nitrogens with one attached hydrogen (secondary N) is 1. The Hall–Kier alpha value is -7.52. The molecule has 1 N–H and O–H groups in total. The average Bonchev–Trinajstić information content (AvgIpc) is 1.68. The van der Waals surface area contributed by atoms with Crippen molar-refractivity contribution in [1.82, 2.24) is 15.1 Å². The van der Waals surface area contributed by atoms with Crippen molar-refractivity contribution in [2.45, 2.75) is 265 Å². The molecule has 0 radical (unpaired) electrons. The molecule has 22 nitrogen and oxygen atoms in total. The van der Waals surface area contributed by atoms with E-state index >= 15 is 0 Å². The van der Waals surface area contributed by atoms with Gasteiger partial charge in [0.05, 0.1) is 40.1 Å². The van der Waals surface area contributed by atoms with Crippen molar-refractivity contribution < 1.29 is 85.1 Å². The Morgan fingerprint density at radius 2 is 0.896 bits per heavy atom. The van der Waals surface area contributed by atoms with E-state index in [4.69, 9.17) is 18.3 Å². The number of amides is 3. The molecule has 0 saturated carbocycles. The van der Waals surface area contributed by atoms with E-state index in [1.54, 1.807) is 39.8 Å². The van der Waals surface area contributed by atoms with Gasteiger partial charge in [-0.15, -0.1) is 0 Å². The third-order valence-electron chi connectivity index (χ3n) is 13.5. The first-order valence-electron chi connectivity index (χ1n) is 38.2. The summed E-state index contributed by atoms with van der Waals surface area (Å²) >= 11 is 0. The SMILES string of the molecule is CC(=O)C(C)C.CC(=O)OCC(C)C.CC(C)C(=O)N(C)C.CC(C)COC(=O)[C@H](NC(=O)OCc1ccccc1)C(C)C.CC(C)Cc1ccccc1.CCCCCCCC(=O)C(C)C.CCN(CC)C(=O)C(C)C.CCOC(=O)OCC(C)C.COC(=O)OCC(C)C.Cc1oc(=O)oc1CC(C)C. The first kappa shape index (κ1) is 112. The zero-order chi connectivity index (χ0) is 83.6. The maximum absolute atomic E-state index is 12.0. The van der Waals surface area contributed by atoms with Crippen LogP contribution in [-0.2, 0) is 81.4 Å². The van der Waals surface area contributed by atoms with Crippen LogP contribution in [0.5, 0.6) is 0 Å². The number of Topliss-reactive ketones (excluding diaryl/α,β-unsaturated/α-hetero) is 2. The first-order valence-corrected chi connectivity index (χ1v) is 38.2. The number of ketones is 2. The highest BCUT2D eigenvalue weighted by molar-refractivity contribution is 5.82. The predicted octanol–water partition coefficient (Wildman–Crippen LogP) is 19.3. The van der Waals surface area contributed by atoms with Gasteiger partial charge in [0, 0.05) is 70.6 Å². The van der Waals surface area contributed by atoms with Crippen LogP contribution in [0.25, 0.3) is 0 Å². The maximum Gasteiger partial charge on any atom is 0.519 e. The van der Waals surface area contributed by atoms with Gasteiger partial charge in [0.2, 0.25) is 11.8 Å². The summed E-state index contributed by atoms with van der Waals surface area (Å²) < 4.78 is 42.5. The van der Waals surface area contributed by atoms with Crippen molar-refractivity contribution in [3.63, 3.8) is 0 Å². The molecule has 22 heteroatoms. The van der Waals surface area contributed by atoms with Crippen LogP contribution < -0.4 is 11.1 Å². The van der Waals surface area contributed by atoms with Gasteiger partial charge in [0.15, 0.2) is 0 Å². The highest BCUT2D eigenvalue weighted by Gasteiger charge is 2.27. The summed E-state index contributed by atoms with van der Waals surface area (Å²) in [5.41, 5.74) is 2.33. The van der Waals surface area contributed by atoms with Gasteiger partial charge in [-0.3, -0.25) is 24.0 Å². The Morgan fingerprint density at radius 1 is 0.472 bits per heavy atom. The van der Waals surface area contributed by atoms with Crippen LogP contribution in [0.15, 0.2) is 74.3 Å². The molecule has 0 aliphatic heterocycles. The van der Waals surface area contributed by atoms with E-state index in [1.165, 1.54) is 51.7 Å². The van der Waals surface area contributed by atoms with Gasteiger partial charge in [0.1, 0.15) is 35.7 Å². The number of unbranched alkanes of at least 4 members (excludes halogenated alkanes) is 4. The van der Waals surface area contributed by atoms with Crippen LogP contribution >= 0.6 is 0 Å². The molecule has 106 heavy (non-hydrogen) atoms. The number of esters is 2. The van der Waals surface area contributed by atoms with Crippen molar-refractivity contribution >= 4 is 53.7 Å². The Bertz CT molecular complexity index is 2700. The largest absolute Gasteiger partial charge is 0.519 e. The molecule has 0 aliphatic rings. The minimum Gasteiger partial charge on any atom is -0.466 e. The number of methoxy groups -OCH3 is 1. The molecule has 1 heterocycles. The maximum atomic E-state index is 12.0. The molecule has 3 amide bonds. The topological polar surface area (TPSA) is 280 Å². The molecular formula is C84H151N3O19. The van der Waals surface area contributed by atoms with Crippen molar-refractivity contribution in [3.05, 3.63) is 93.9 Å². The van der Waals surface area contributed by atoms with Crippen LogP contribution in [0.2, 0.25) is 0 Å². The smallest absolute Gasteiger partial charge is 0.466 e. The van der Waals surface area contributed by atoms with Gasteiger partial charge in [-0.05, 0) is 100 Å². The van der Waals surface area contributed by atoms with Crippen LogP contribution in [0.3, 0.4) is 0 Å². The Balaban J connectivity index is -0.000000210. The predicted molar refractivity (Wildman–Crippen MR) is 427 cm³/mol. The quantitative estimate of drug-likeness (QED) is 0.0369. The summed E-state index contributed by atoms with van der Waals surface area (Å²) in [6.45, 7) is 60.1. The lowest BCUT2D eigenvalue weighted by molar-refractivity contribution is -0.148. The summed E-state index contributed by atoms with van der Waals surface area (Å²) in [4.78, 5) is 112. The molecule has 3 aromatic rings. The fourth-order valence-electron chi connectivity index (χ4n) is 7.33. The van der Waals surface area contributed by atoms with E-state index in [1.807, 2.05) is 174 Å². The molecule has 1 aromatic heterocycles. The number of carbonyl (C=O) groups is 9. The number of hydrogen-bond donors (Lipinski definition) is 1. The highest BCUT2D eigenvalue weighted by atomic mass is 16.7. The molecule has 0 aliphatic carbocycles. The monoisotopic (exact) mass is 1510 g/mol. The van der Waals surface area contributed by atoms with Crippen molar-refractivity contribution in [2.24, 2.45) is 65.1 Å². The number of hydrogen-bond acceptors (Lipinski definition) is 19. The minimum atomic E-state index is -0.706. The van der Waals surface area contributed by atoms with Gasteiger partial charge in [-0.1, -0.05) is 246 Å². The van der Waals surface area contributed by atoms with Gasteiger partial charge in [-0.25, -0.2) is 24.0 Å². The van der Waals surface area contributed by atoms with Crippen LogP contribution in [-0.4, -0.2) is 137 Å². The van der Waals surface area contributed by atoms with Crippen molar-refractivity contribution in [1.29, 1.82) is 0 Å². The number of nitrogens with zero attached hydrogens (tertiary/aromatic N) is 2. The Morgan fingerprint density at radius 3 is 1.21 bits per heavy atom. The second-order valence-electron chi connectivity index (χ2n) is 29.4.